The van der Waals surface area contributed by atoms with E-state index >= 15 is 0 Å². The molecular formula is C17H13Cl2N3O. The Morgan fingerprint density at radius 1 is 1.13 bits per heavy atom. The van der Waals surface area contributed by atoms with E-state index < -0.39 is 5.91 Å². The zero-order chi connectivity index (χ0) is 16.4. The number of rotatable bonds is 3. The molecular weight excluding hydrogens is 333 g/mol. The number of hydrazone groups is 1. The van der Waals surface area contributed by atoms with Gasteiger partial charge in [-0.2, -0.15) is 5.10 Å². The molecule has 0 spiro atoms. The van der Waals surface area contributed by atoms with Crippen molar-refractivity contribution in [2.45, 2.75) is 6.42 Å². The number of carbonyl (C=O) groups is 1. The van der Waals surface area contributed by atoms with Crippen LogP contribution in [0, 0.1) is 0 Å². The summed E-state index contributed by atoms with van der Waals surface area (Å²) in [4.78, 5) is 11.2. The van der Waals surface area contributed by atoms with Crippen molar-refractivity contribution in [3.63, 3.8) is 0 Å². The molecule has 0 radical (unpaired) electrons. The van der Waals surface area contributed by atoms with Crippen LogP contribution in [0.15, 0.2) is 47.6 Å². The molecule has 4 nitrogen and oxygen atoms in total. The van der Waals surface area contributed by atoms with Gasteiger partial charge in [-0.15, -0.1) is 0 Å². The maximum absolute atomic E-state index is 11.2. The fourth-order valence-electron chi connectivity index (χ4n) is 2.33. The van der Waals surface area contributed by atoms with Crippen LogP contribution in [-0.2, 0) is 11.2 Å². The van der Waals surface area contributed by atoms with Crippen molar-refractivity contribution in [1.82, 2.24) is 0 Å². The first-order valence-corrected chi connectivity index (χ1v) is 7.67. The third kappa shape index (κ3) is 3.38. The molecule has 116 valence electrons. The summed E-state index contributed by atoms with van der Waals surface area (Å²) in [6.07, 6.45) is 3.86. The number of amides is 1. The summed E-state index contributed by atoms with van der Waals surface area (Å²) in [7, 11) is 0. The fraction of sp³-hybridized carbons (Fsp3) is 0.0588. The van der Waals surface area contributed by atoms with Gasteiger partial charge in [-0.25, -0.2) is 0 Å². The largest absolute Gasteiger partial charge is 0.369 e. The molecule has 3 N–H and O–H groups in total. The van der Waals surface area contributed by atoms with E-state index in [1.165, 1.54) is 0 Å². The summed E-state index contributed by atoms with van der Waals surface area (Å²) >= 11 is 12.4. The van der Waals surface area contributed by atoms with Crippen LogP contribution in [0.2, 0.25) is 10.0 Å². The Kier molecular flexibility index (Phi) is 4.37. The van der Waals surface area contributed by atoms with Gasteiger partial charge in [0.2, 0.25) is 5.91 Å². The first-order valence-electron chi connectivity index (χ1n) is 6.92. The highest BCUT2D eigenvalue weighted by atomic mass is 35.5. The minimum Gasteiger partial charge on any atom is -0.369 e. The first-order chi connectivity index (χ1) is 11.0. The molecule has 1 aliphatic heterocycles. The van der Waals surface area contributed by atoms with Crippen LogP contribution >= 0.6 is 23.2 Å². The lowest BCUT2D eigenvalue weighted by molar-refractivity contribution is -0.117. The van der Waals surface area contributed by atoms with Gasteiger partial charge < -0.3 is 5.73 Å². The van der Waals surface area contributed by atoms with Crippen molar-refractivity contribution in [3.05, 3.63) is 69.2 Å². The van der Waals surface area contributed by atoms with Gasteiger partial charge in [-0.05, 0) is 35.4 Å². The monoisotopic (exact) mass is 345 g/mol. The zero-order valence-electron chi connectivity index (χ0n) is 12.0. The maximum atomic E-state index is 11.2. The molecule has 23 heavy (non-hydrogen) atoms. The zero-order valence-corrected chi connectivity index (χ0v) is 13.5. The first kappa shape index (κ1) is 15.6. The number of nitrogens with one attached hydrogen (secondary N) is 1. The van der Waals surface area contributed by atoms with Gasteiger partial charge in [0.15, 0.2) is 0 Å². The second kappa shape index (κ2) is 6.44. The van der Waals surface area contributed by atoms with Gasteiger partial charge in [0.1, 0.15) is 0 Å². The quantitative estimate of drug-likeness (QED) is 0.886. The second-order valence-corrected chi connectivity index (χ2v) is 5.91. The van der Waals surface area contributed by atoms with E-state index in [0.29, 0.717) is 26.9 Å². The summed E-state index contributed by atoms with van der Waals surface area (Å²) < 4.78 is 0. The Balaban J connectivity index is 2.02. The van der Waals surface area contributed by atoms with Crippen LogP contribution in [-0.4, -0.2) is 11.6 Å². The van der Waals surface area contributed by atoms with E-state index in [9.17, 15) is 4.79 Å². The standard InChI is InChI=1S/C17H13Cl2N3O/c18-13-9-14(19)12(7-11(13)8-17(20)23)16-6-5-10-3-1-2-4-15(10)21-22-16/h1-7,9,21H,8H2,(H2,20,23). The Bertz CT molecular complexity index is 844. The van der Waals surface area contributed by atoms with Crippen molar-refractivity contribution < 1.29 is 4.79 Å². The van der Waals surface area contributed by atoms with Crippen LogP contribution in [0.3, 0.4) is 0 Å². The topological polar surface area (TPSA) is 67.5 Å². The van der Waals surface area contributed by atoms with Gasteiger partial charge in [-0.3, -0.25) is 10.2 Å². The predicted molar refractivity (Wildman–Crippen MR) is 95.0 cm³/mol. The van der Waals surface area contributed by atoms with E-state index in [0.717, 1.165) is 11.3 Å². The molecule has 0 unspecified atom stereocenters. The Labute approximate surface area is 143 Å². The van der Waals surface area contributed by atoms with Gasteiger partial charge in [-0.1, -0.05) is 47.5 Å². The lowest BCUT2D eigenvalue weighted by atomic mass is 10.0. The van der Waals surface area contributed by atoms with Crippen molar-refractivity contribution >= 4 is 46.6 Å². The number of allylic oxidation sites excluding steroid dienone is 1. The average Bonchev–Trinajstić information content (AvgIpc) is 2.72. The normalized spacial score (nSPS) is 12.9. The van der Waals surface area contributed by atoms with Crippen molar-refractivity contribution in [2.24, 2.45) is 10.8 Å². The summed E-state index contributed by atoms with van der Waals surface area (Å²) in [5, 5.41) is 5.25. The van der Waals surface area contributed by atoms with E-state index in [1.807, 2.05) is 36.4 Å². The predicted octanol–water partition coefficient (Wildman–Crippen LogP) is 3.86. The average molecular weight is 346 g/mol. The number of primary amides is 1. The lowest BCUT2D eigenvalue weighted by Gasteiger charge is -2.09. The second-order valence-electron chi connectivity index (χ2n) is 5.10. The van der Waals surface area contributed by atoms with Crippen molar-refractivity contribution in [1.29, 1.82) is 0 Å². The van der Waals surface area contributed by atoms with Crippen molar-refractivity contribution in [3.8, 4) is 0 Å². The molecule has 0 atom stereocenters. The summed E-state index contributed by atoms with van der Waals surface area (Å²) in [5.41, 5.74) is 12.2. The molecule has 0 saturated carbocycles. The number of para-hydroxylation sites is 1. The molecule has 0 aliphatic carbocycles. The fourth-order valence-corrected chi connectivity index (χ4v) is 2.88. The van der Waals surface area contributed by atoms with Crippen LogP contribution < -0.4 is 11.2 Å². The lowest BCUT2D eigenvalue weighted by Crippen LogP contribution is -2.14. The molecule has 1 aliphatic rings. The molecule has 0 aromatic heterocycles. The van der Waals surface area contributed by atoms with Gasteiger partial charge in [0.05, 0.1) is 22.8 Å². The van der Waals surface area contributed by atoms with E-state index in [-0.39, 0.29) is 6.42 Å². The third-order valence-electron chi connectivity index (χ3n) is 3.46. The van der Waals surface area contributed by atoms with E-state index in [1.54, 1.807) is 12.1 Å². The molecule has 2 aromatic rings. The number of nitrogens with two attached hydrogens (primary N) is 1. The number of halogens is 2. The maximum Gasteiger partial charge on any atom is 0.221 e. The third-order valence-corrected chi connectivity index (χ3v) is 4.12. The SMILES string of the molecule is NC(=O)Cc1cc(C2=NNc3ccccc3C=C2)c(Cl)cc1Cl. The van der Waals surface area contributed by atoms with Gasteiger partial charge >= 0.3 is 0 Å². The minimum atomic E-state index is -0.455. The highest BCUT2D eigenvalue weighted by Gasteiger charge is 2.14. The highest BCUT2D eigenvalue weighted by molar-refractivity contribution is 6.38. The molecule has 0 fully saturated rings. The van der Waals surface area contributed by atoms with Crippen LogP contribution in [0.1, 0.15) is 16.7 Å². The number of hydrogen-bond acceptors (Lipinski definition) is 3. The Hall–Kier alpha value is -2.30. The molecule has 3 rings (SSSR count). The molecule has 1 amide bonds. The molecule has 6 heteroatoms. The smallest absolute Gasteiger partial charge is 0.221 e. The highest BCUT2D eigenvalue weighted by Crippen LogP contribution is 2.28. The van der Waals surface area contributed by atoms with E-state index in [4.69, 9.17) is 28.9 Å². The number of anilines is 1. The summed E-state index contributed by atoms with van der Waals surface area (Å²) in [6.45, 7) is 0. The number of fused-ring (bicyclic) bond motifs is 1. The molecule has 2 aromatic carbocycles. The molecule has 1 heterocycles. The number of hydrogen-bond donors (Lipinski definition) is 2. The van der Waals surface area contributed by atoms with Crippen LogP contribution in [0.4, 0.5) is 5.69 Å². The molecule has 0 saturated heterocycles. The molecule has 0 bridgehead atoms. The minimum absolute atomic E-state index is 0.0493. The number of nitrogens with zero attached hydrogens (tertiary/aromatic N) is 1. The summed E-state index contributed by atoms with van der Waals surface area (Å²) in [6, 6.07) is 11.2. The Morgan fingerprint density at radius 3 is 2.70 bits per heavy atom. The van der Waals surface area contributed by atoms with Gasteiger partial charge in [0, 0.05) is 10.6 Å². The van der Waals surface area contributed by atoms with E-state index in [2.05, 4.69) is 10.5 Å². The summed E-state index contributed by atoms with van der Waals surface area (Å²) in [5.74, 6) is -0.455. The number of benzene rings is 2. The van der Waals surface area contributed by atoms with Crippen LogP contribution in [0.25, 0.3) is 6.08 Å². The number of carbonyl (C=O) groups excluding carboxylic acids is 1. The van der Waals surface area contributed by atoms with Crippen molar-refractivity contribution in [2.75, 3.05) is 5.43 Å². The van der Waals surface area contributed by atoms with Crippen LogP contribution in [0.5, 0.6) is 0 Å². The Morgan fingerprint density at radius 2 is 1.91 bits per heavy atom. The van der Waals surface area contributed by atoms with Gasteiger partial charge in [0.25, 0.3) is 0 Å².